The molecule has 0 spiro atoms. The molecule has 3 heterocycles. The smallest absolute Gasteiger partial charge is 0.235 e. The summed E-state index contributed by atoms with van der Waals surface area (Å²) < 4.78 is 34.6. The fourth-order valence-electron chi connectivity index (χ4n) is 5.69. The van der Waals surface area contributed by atoms with Crippen LogP contribution in [-0.2, 0) is 16.4 Å². The van der Waals surface area contributed by atoms with Gasteiger partial charge >= 0.3 is 0 Å². The minimum atomic E-state index is -3.52. The van der Waals surface area contributed by atoms with Gasteiger partial charge in [0.1, 0.15) is 17.7 Å². The van der Waals surface area contributed by atoms with Crippen molar-refractivity contribution in [2.24, 2.45) is 0 Å². The predicted molar refractivity (Wildman–Crippen MR) is 154 cm³/mol. The van der Waals surface area contributed by atoms with Gasteiger partial charge in [-0.3, -0.25) is 4.31 Å². The number of benzene rings is 3. The number of aromatic nitrogens is 1. The van der Waals surface area contributed by atoms with Gasteiger partial charge < -0.3 is 9.64 Å². The molecule has 6 rings (SSSR count). The maximum atomic E-state index is 13.3. The van der Waals surface area contributed by atoms with Gasteiger partial charge in [-0.1, -0.05) is 24.3 Å². The average molecular weight is 539 g/mol. The first kappa shape index (κ1) is 25.2. The van der Waals surface area contributed by atoms with Crippen LogP contribution in [0.4, 0.5) is 11.5 Å². The molecule has 1 saturated heterocycles. The van der Waals surface area contributed by atoms with Crippen LogP contribution in [0.2, 0.25) is 0 Å². The molecule has 198 valence electrons. The number of hydrogen-bond donors (Lipinski definition) is 0. The number of piperidine rings is 1. The fourth-order valence-corrected chi connectivity index (χ4v) is 7.03. The van der Waals surface area contributed by atoms with Crippen LogP contribution in [0, 0.1) is 11.3 Å². The van der Waals surface area contributed by atoms with Gasteiger partial charge in [0.25, 0.3) is 0 Å². The monoisotopic (exact) mass is 538 g/mol. The minimum Gasteiger partial charge on any atom is -0.490 e. The number of nitriles is 1. The molecule has 8 heteroatoms. The van der Waals surface area contributed by atoms with Crippen LogP contribution in [0.5, 0.6) is 5.75 Å². The Bertz CT molecular complexity index is 1660. The number of pyridine rings is 1. The second-order valence-electron chi connectivity index (χ2n) is 10.1. The summed E-state index contributed by atoms with van der Waals surface area (Å²) in [4.78, 5) is 6.74. The van der Waals surface area contributed by atoms with Gasteiger partial charge in [0, 0.05) is 38.5 Å². The number of fused-ring (bicyclic) bond motifs is 2. The second-order valence-corrected chi connectivity index (χ2v) is 12.3. The third-order valence-corrected chi connectivity index (χ3v) is 9.53. The number of ether oxygens (including phenoxy) is 1. The summed E-state index contributed by atoms with van der Waals surface area (Å²) in [5.74, 6) is 1.79. The van der Waals surface area contributed by atoms with Crippen molar-refractivity contribution in [3.63, 3.8) is 0 Å². The molecule has 2 aliphatic rings. The van der Waals surface area contributed by atoms with Crippen LogP contribution in [0.25, 0.3) is 10.8 Å². The zero-order valence-corrected chi connectivity index (χ0v) is 22.6. The normalized spacial score (nSPS) is 17.7. The first-order valence-electron chi connectivity index (χ1n) is 13.4. The third-order valence-electron chi connectivity index (χ3n) is 7.75. The molecule has 0 N–H and O–H groups in total. The van der Waals surface area contributed by atoms with E-state index < -0.39 is 10.0 Å². The Labute approximate surface area is 229 Å². The SMILES string of the molecule is CCS(=O)(=O)N1c2ccc(OC3CCN(c4ccccn4)CC3)cc2CC1c1ccc2ccc(C#N)cc2c1. The molecule has 0 radical (unpaired) electrons. The summed E-state index contributed by atoms with van der Waals surface area (Å²) in [6.45, 7) is 3.44. The maximum absolute atomic E-state index is 13.3. The van der Waals surface area contributed by atoms with Crippen LogP contribution >= 0.6 is 0 Å². The van der Waals surface area contributed by atoms with Gasteiger partial charge in [0.2, 0.25) is 10.0 Å². The number of hydrogen-bond acceptors (Lipinski definition) is 6. The molecule has 39 heavy (non-hydrogen) atoms. The van der Waals surface area contributed by atoms with Crippen LogP contribution in [0.1, 0.15) is 42.5 Å². The van der Waals surface area contributed by atoms with E-state index in [0.717, 1.165) is 59.4 Å². The number of sulfonamides is 1. The minimum absolute atomic E-state index is 0.0161. The van der Waals surface area contributed by atoms with E-state index in [1.54, 1.807) is 17.3 Å². The summed E-state index contributed by atoms with van der Waals surface area (Å²) in [7, 11) is -3.52. The Morgan fingerprint density at radius 2 is 1.82 bits per heavy atom. The first-order valence-corrected chi connectivity index (χ1v) is 15.0. The highest BCUT2D eigenvalue weighted by Crippen LogP contribution is 2.44. The first-order chi connectivity index (χ1) is 18.9. The highest BCUT2D eigenvalue weighted by atomic mass is 32.2. The summed E-state index contributed by atoms with van der Waals surface area (Å²) in [6, 6.07) is 25.2. The van der Waals surface area contributed by atoms with Crippen molar-refractivity contribution in [3.8, 4) is 11.8 Å². The van der Waals surface area contributed by atoms with Gasteiger partial charge in [-0.05, 0) is 77.4 Å². The fraction of sp³-hybridized carbons (Fsp3) is 0.290. The van der Waals surface area contributed by atoms with Crippen molar-refractivity contribution in [2.75, 3.05) is 28.0 Å². The van der Waals surface area contributed by atoms with Gasteiger partial charge in [-0.25, -0.2) is 13.4 Å². The topological polar surface area (TPSA) is 86.5 Å². The lowest BCUT2D eigenvalue weighted by molar-refractivity contribution is 0.170. The summed E-state index contributed by atoms with van der Waals surface area (Å²) >= 11 is 0. The largest absolute Gasteiger partial charge is 0.490 e. The Hall–Kier alpha value is -4.09. The molecule has 1 aromatic heterocycles. The number of nitrogens with zero attached hydrogens (tertiary/aromatic N) is 4. The van der Waals surface area contributed by atoms with E-state index >= 15 is 0 Å². The molecule has 1 unspecified atom stereocenters. The van der Waals surface area contributed by atoms with Crippen molar-refractivity contribution in [3.05, 3.63) is 95.7 Å². The molecular weight excluding hydrogens is 508 g/mol. The van der Waals surface area contributed by atoms with Crippen molar-refractivity contribution in [1.82, 2.24) is 4.98 Å². The molecule has 0 aliphatic carbocycles. The summed E-state index contributed by atoms with van der Waals surface area (Å²) in [6.07, 6.45) is 4.28. The van der Waals surface area contributed by atoms with E-state index in [9.17, 15) is 13.7 Å². The van der Waals surface area contributed by atoms with Gasteiger partial charge in [0.15, 0.2) is 0 Å². The molecular formula is C31H30N4O3S. The van der Waals surface area contributed by atoms with Crippen LogP contribution < -0.4 is 13.9 Å². The molecule has 7 nitrogen and oxygen atoms in total. The second kappa shape index (κ2) is 10.2. The number of anilines is 2. The lowest BCUT2D eigenvalue weighted by Gasteiger charge is -2.33. The van der Waals surface area contributed by atoms with Crippen molar-refractivity contribution < 1.29 is 13.2 Å². The lowest BCUT2D eigenvalue weighted by Crippen LogP contribution is -2.38. The van der Waals surface area contributed by atoms with Gasteiger partial charge in [-0.15, -0.1) is 0 Å². The predicted octanol–water partition coefficient (Wildman–Crippen LogP) is 5.61. The molecule has 0 saturated carbocycles. The summed E-state index contributed by atoms with van der Waals surface area (Å²) in [5, 5.41) is 11.3. The zero-order valence-electron chi connectivity index (χ0n) is 21.8. The standard InChI is InChI=1S/C31H30N4O3S/c1-2-39(36,37)35-29-11-10-28(38-27-12-15-34(16-13-27)31-5-3-4-14-33-31)19-26(29)20-30(35)24-9-8-23-7-6-22(21-32)17-25(23)18-24/h3-11,14,17-19,27,30H,2,12-13,15-16,20H2,1H3. The van der Waals surface area contributed by atoms with Gasteiger partial charge in [0.05, 0.1) is 29.1 Å². The number of rotatable bonds is 6. The molecule has 0 bridgehead atoms. The molecule has 4 aromatic rings. The molecule has 0 amide bonds. The molecule has 2 aliphatic heterocycles. The quantitative estimate of drug-likeness (QED) is 0.317. The van der Waals surface area contributed by atoms with Crippen LogP contribution in [0.3, 0.4) is 0 Å². The third kappa shape index (κ3) is 4.90. The van der Waals surface area contributed by atoms with E-state index in [4.69, 9.17) is 4.74 Å². The summed E-state index contributed by atoms with van der Waals surface area (Å²) in [5.41, 5.74) is 3.17. The Morgan fingerprint density at radius 1 is 1.00 bits per heavy atom. The van der Waals surface area contributed by atoms with E-state index in [1.807, 2.05) is 72.9 Å². The molecule has 1 atom stereocenters. The molecule has 3 aromatic carbocycles. The van der Waals surface area contributed by atoms with Crippen molar-refractivity contribution in [2.45, 2.75) is 38.3 Å². The average Bonchev–Trinajstić information content (AvgIpc) is 3.37. The zero-order chi connectivity index (χ0) is 27.0. The van der Waals surface area contributed by atoms with E-state index in [0.29, 0.717) is 17.7 Å². The van der Waals surface area contributed by atoms with Crippen molar-refractivity contribution >= 4 is 32.3 Å². The van der Waals surface area contributed by atoms with E-state index in [1.165, 1.54) is 0 Å². The van der Waals surface area contributed by atoms with Crippen LogP contribution in [0.15, 0.2) is 79.0 Å². The Kier molecular flexibility index (Phi) is 6.61. The van der Waals surface area contributed by atoms with Crippen molar-refractivity contribution in [1.29, 1.82) is 5.26 Å². The van der Waals surface area contributed by atoms with Gasteiger partial charge in [-0.2, -0.15) is 5.26 Å². The Balaban J connectivity index is 1.24. The van der Waals surface area contributed by atoms with E-state index in [-0.39, 0.29) is 17.9 Å². The Morgan fingerprint density at radius 3 is 2.56 bits per heavy atom. The molecule has 1 fully saturated rings. The maximum Gasteiger partial charge on any atom is 0.235 e. The van der Waals surface area contributed by atoms with E-state index in [2.05, 4.69) is 16.0 Å². The highest BCUT2D eigenvalue weighted by molar-refractivity contribution is 7.92. The highest BCUT2D eigenvalue weighted by Gasteiger charge is 2.38. The van der Waals surface area contributed by atoms with Crippen LogP contribution in [-0.4, -0.2) is 38.3 Å². The lowest BCUT2D eigenvalue weighted by atomic mass is 9.98.